The van der Waals surface area contributed by atoms with Crippen molar-refractivity contribution in [1.29, 1.82) is 0 Å². The second-order valence-electron chi connectivity index (χ2n) is 4.53. The molecule has 2 rings (SSSR count). The zero-order chi connectivity index (χ0) is 11.7. The zero-order valence-corrected chi connectivity index (χ0v) is 9.63. The first-order valence-corrected chi connectivity index (χ1v) is 5.56. The van der Waals surface area contributed by atoms with Gasteiger partial charge in [0.05, 0.1) is 5.92 Å². The van der Waals surface area contributed by atoms with E-state index in [0.717, 1.165) is 12.1 Å². The van der Waals surface area contributed by atoms with E-state index >= 15 is 0 Å². The van der Waals surface area contributed by atoms with Crippen molar-refractivity contribution < 1.29 is 4.79 Å². The van der Waals surface area contributed by atoms with Crippen molar-refractivity contribution >= 4 is 5.91 Å². The maximum atomic E-state index is 11.3. The molecule has 1 amide bonds. The average Bonchev–Trinajstić information content (AvgIpc) is 2.16. The van der Waals surface area contributed by atoms with Crippen LogP contribution in [0.3, 0.4) is 0 Å². The molecular weight excluding hydrogens is 202 g/mol. The minimum Gasteiger partial charge on any atom is -0.369 e. The molecule has 1 aromatic rings. The molecule has 2 N–H and O–H groups in total. The highest BCUT2D eigenvalue weighted by atomic mass is 16.1. The predicted octanol–water partition coefficient (Wildman–Crippen LogP) is 0.948. The van der Waals surface area contributed by atoms with Crippen LogP contribution in [0.2, 0.25) is 0 Å². The van der Waals surface area contributed by atoms with Gasteiger partial charge in [-0.3, -0.25) is 14.7 Å². The number of carbonyl (C=O) groups excluding carboxylic acids is 1. The number of primary amides is 1. The van der Waals surface area contributed by atoms with Gasteiger partial charge in [-0.1, -0.05) is 6.07 Å². The summed E-state index contributed by atoms with van der Waals surface area (Å²) in [6.07, 6.45) is 3.55. The van der Waals surface area contributed by atoms with Gasteiger partial charge in [0, 0.05) is 31.0 Å². The number of carbonyl (C=O) groups is 1. The number of hydrogen-bond donors (Lipinski definition) is 1. The molecule has 1 aliphatic heterocycles. The van der Waals surface area contributed by atoms with Gasteiger partial charge in [0.2, 0.25) is 5.91 Å². The van der Waals surface area contributed by atoms with Gasteiger partial charge in [0.25, 0.3) is 0 Å². The molecule has 2 unspecified atom stereocenters. The molecule has 1 aromatic heterocycles. The molecule has 0 spiro atoms. The number of amides is 1. The van der Waals surface area contributed by atoms with Crippen molar-refractivity contribution in [3.8, 4) is 0 Å². The average molecular weight is 219 g/mol. The monoisotopic (exact) mass is 219 g/mol. The van der Waals surface area contributed by atoms with E-state index in [2.05, 4.69) is 23.7 Å². The van der Waals surface area contributed by atoms with E-state index in [-0.39, 0.29) is 17.9 Å². The Morgan fingerprint density at radius 1 is 1.62 bits per heavy atom. The quantitative estimate of drug-likeness (QED) is 0.823. The number of hydrogen-bond acceptors (Lipinski definition) is 3. The highest BCUT2D eigenvalue weighted by Gasteiger charge is 2.44. The Morgan fingerprint density at radius 2 is 2.38 bits per heavy atom. The minimum atomic E-state index is -0.217. The lowest BCUT2D eigenvalue weighted by molar-refractivity contribution is -0.133. The van der Waals surface area contributed by atoms with Crippen LogP contribution < -0.4 is 5.73 Å². The Bertz CT molecular complexity index is 377. The van der Waals surface area contributed by atoms with Crippen LogP contribution in [-0.2, 0) is 4.79 Å². The molecule has 0 aromatic carbocycles. The number of nitrogens with two attached hydrogens (primary N) is 1. The predicted molar refractivity (Wildman–Crippen MR) is 61.5 cm³/mol. The SMILES string of the molecule is CC(C)N1CC(C(N)=O)C1c1cccnc1. The largest absolute Gasteiger partial charge is 0.369 e. The summed E-state index contributed by atoms with van der Waals surface area (Å²) in [6.45, 7) is 5.01. The molecule has 1 saturated heterocycles. The van der Waals surface area contributed by atoms with Crippen LogP contribution >= 0.6 is 0 Å². The molecule has 4 heteroatoms. The zero-order valence-electron chi connectivity index (χ0n) is 9.63. The first-order valence-electron chi connectivity index (χ1n) is 5.56. The highest BCUT2D eigenvalue weighted by Crippen LogP contribution is 2.39. The number of nitrogens with zero attached hydrogens (tertiary/aromatic N) is 2. The molecule has 0 bridgehead atoms. The fourth-order valence-electron chi connectivity index (χ4n) is 2.29. The number of pyridine rings is 1. The Kier molecular flexibility index (Phi) is 2.92. The number of rotatable bonds is 3. The van der Waals surface area contributed by atoms with Crippen molar-refractivity contribution in [3.05, 3.63) is 30.1 Å². The van der Waals surface area contributed by atoms with E-state index in [1.807, 2.05) is 18.3 Å². The van der Waals surface area contributed by atoms with Crippen molar-refractivity contribution in [2.24, 2.45) is 11.7 Å². The Hall–Kier alpha value is -1.42. The molecule has 1 aliphatic rings. The maximum absolute atomic E-state index is 11.3. The van der Waals surface area contributed by atoms with Crippen LogP contribution in [0.15, 0.2) is 24.5 Å². The number of likely N-dealkylation sites (tertiary alicyclic amines) is 1. The smallest absolute Gasteiger partial charge is 0.223 e. The first kappa shape index (κ1) is 11.1. The van der Waals surface area contributed by atoms with E-state index in [1.165, 1.54) is 0 Å². The van der Waals surface area contributed by atoms with Crippen molar-refractivity contribution in [1.82, 2.24) is 9.88 Å². The summed E-state index contributed by atoms with van der Waals surface area (Å²) in [6, 6.07) is 4.42. The fourth-order valence-corrected chi connectivity index (χ4v) is 2.29. The number of aromatic nitrogens is 1. The molecule has 2 heterocycles. The molecule has 1 fully saturated rings. The van der Waals surface area contributed by atoms with Crippen molar-refractivity contribution in [2.75, 3.05) is 6.54 Å². The van der Waals surface area contributed by atoms with Crippen LogP contribution in [0.25, 0.3) is 0 Å². The fraction of sp³-hybridized carbons (Fsp3) is 0.500. The Morgan fingerprint density at radius 3 is 2.88 bits per heavy atom. The van der Waals surface area contributed by atoms with E-state index in [9.17, 15) is 4.79 Å². The summed E-state index contributed by atoms with van der Waals surface area (Å²) in [5.41, 5.74) is 6.48. The first-order chi connectivity index (χ1) is 7.61. The topological polar surface area (TPSA) is 59.2 Å². The third kappa shape index (κ3) is 1.80. The van der Waals surface area contributed by atoms with Gasteiger partial charge in [0.1, 0.15) is 0 Å². The van der Waals surface area contributed by atoms with Gasteiger partial charge in [-0.2, -0.15) is 0 Å². The van der Waals surface area contributed by atoms with E-state index in [4.69, 9.17) is 5.73 Å². The van der Waals surface area contributed by atoms with Crippen molar-refractivity contribution in [3.63, 3.8) is 0 Å². The van der Waals surface area contributed by atoms with Gasteiger partial charge in [-0.05, 0) is 25.5 Å². The van der Waals surface area contributed by atoms with E-state index in [0.29, 0.717) is 6.04 Å². The summed E-state index contributed by atoms with van der Waals surface area (Å²) in [5, 5.41) is 0. The molecule has 4 nitrogen and oxygen atoms in total. The molecule has 86 valence electrons. The summed E-state index contributed by atoms with van der Waals surface area (Å²) < 4.78 is 0. The lowest BCUT2D eigenvalue weighted by atomic mass is 9.82. The van der Waals surface area contributed by atoms with Crippen LogP contribution in [0.1, 0.15) is 25.5 Å². The van der Waals surface area contributed by atoms with Crippen LogP contribution in [0.4, 0.5) is 0 Å². The van der Waals surface area contributed by atoms with Gasteiger partial charge in [-0.25, -0.2) is 0 Å². The highest BCUT2D eigenvalue weighted by molar-refractivity contribution is 5.79. The summed E-state index contributed by atoms with van der Waals surface area (Å²) >= 11 is 0. The Labute approximate surface area is 95.5 Å². The maximum Gasteiger partial charge on any atom is 0.223 e. The molecule has 2 atom stereocenters. The molecular formula is C12H17N3O. The molecule has 0 radical (unpaired) electrons. The van der Waals surface area contributed by atoms with Gasteiger partial charge >= 0.3 is 0 Å². The van der Waals surface area contributed by atoms with E-state index < -0.39 is 0 Å². The van der Waals surface area contributed by atoms with Gasteiger partial charge in [0.15, 0.2) is 0 Å². The Balaban J connectivity index is 2.23. The molecule has 0 saturated carbocycles. The summed E-state index contributed by atoms with van der Waals surface area (Å²) in [5.74, 6) is -0.294. The standard InChI is InChI=1S/C12H17N3O/c1-8(2)15-7-10(12(13)16)11(15)9-4-3-5-14-6-9/h3-6,8,10-11H,7H2,1-2H3,(H2,13,16). The second kappa shape index (κ2) is 4.22. The lowest BCUT2D eigenvalue weighted by Gasteiger charge is -2.49. The summed E-state index contributed by atoms with van der Waals surface area (Å²) in [7, 11) is 0. The van der Waals surface area contributed by atoms with Gasteiger partial charge < -0.3 is 5.73 Å². The third-order valence-corrected chi connectivity index (χ3v) is 3.20. The van der Waals surface area contributed by atoms with Crippen LogP contribution in [0.5, 0.6) is 0 Å². The summed E-state index contributed by atoms with van der Waals surface area (Å²) in [4.78, 5) is 17.7. The molecule has 0 aliphatic carbocycles. The normalized spacial score (nSPS) is 25.4. The minimum absolute atomic E-state index is 0.0772. The second-order valence-corrected chi connectivity index (χ2v) is 4.53. The van der Waals surface area contributed by atoms with Crippen LogP contribution in [-0.4, -0.2) is 28.4 Å². The molecule has 16 heavy (non-hydrogen) atoms. The van der Waals surface area contributed by atoms with E-state index in [1.54, 1.807) is 6.20 Å². The third-order valence-electron chi connectivity index (χ3n) is 3.20. The van der Waals surface area contributed by atoms with Gasteiger partial charge in [-0.15, -0.1) is 0 Å². The lowest BCUT2D eigenvalue weighted by Crippen LogP contribution is -2.57. The van der Waals surface area contributed by atoms with Crippen LogP contribution in [0, 0.1) is 5.92 Å². The van der Waals surface area contributed by atoms with Crippen molar-refractivity contribution in [2.45, 2.75) is 25.9 Å².